The first-order valence-corrected chi connectivity index (χ1v) is 30.8. The minimum atomic E-state index is -1.87. The maximum Gasteiger partial charge on any atom is 0.417 e. The zero-order valence-electron chi connectivity index (χ0n) is 53.7. The number of fused-ring (bicyclic) bond motifs is 1. The molecule has 0 saturated carbocycles. The van der Waals surface area contributed by atoms with E-state index in [9.17, 15) is 67.7 Å². The molecule has 0 radical (unpaired) electrons. The van der Waals surface area contributed by atoms with Crippen molar-refractivity contribution in [3.05, 3.63) is 108 Å². The van der Waals surface area contributed by atoms with Crippen LogP contribution in [-0.2, 0) is 76.9 Å². The number of guanidine groups is 1. The third-order valence-electron chi connectivity index (χ3n) is 15.0. The summed E-state index contributed by atoms with van der Waals surface area (Å²) in [5.74, 6) is -12.5. The number of aliphatic imine (C=N–C) groups is 1. The standard InChI is InChI=1S/C64H90N14O15/c1-9-37(6)53(77-58(87)47(30-40-19-12-10-13-20-40)75-59(88)49(26-27-50(79)80)78(62(91)38(7)65)64(92)93-34-41-21-14-11-15-22-41)61(90)71-39(8)54(83)73-48(31-42-32-69-44-24-17-16-23-43(42)44)56(85)74-46(29-35(2)3)57(86)76-52(36(4)5)60(89)72-45(25-18-28-68-63(66)67)55(84)70-33-51(81)82/h10-17,19-24,32,35-39,45-49,52-53,69H,9,18,25-31,33-34,65H2,1-8H3,(H,70,84)(H,71,90)(H,72,89)(H,73,83)(H,74,85)(H,75,88)(H,76,86)(H,77,87)(H,79,80)(H,81,82)(H4,66,67,68)/t37-,38-,39-,45-,46-,47-,48-,49-,52-,53-/m0/s1. The maximum absolute atomic E-state index is 14.7. The first-order chi connectivity index (χ1) is 44.0. The Morgan fingerprint density at radius 2 is 1.14 bits per heavy atom. The van der Waals surface area contributed by atoms with Crippen LogP contribution in [0.1, 0.15) is 111 Å². The van der Waals surface area contributed by atoms with E-state index in [1.54, 1.807) is 127 Å². The lowest BCUT2D eigenvalue weighted by atomic mass is 9.96. The molecule has 4 rings (SSSR count). The van der Waals surface area contributed by atoms with E-state index in [1.165, 1.54) is 13.8 Å². The molecule has 0 aliphatic heterocycles. The number of hydrogen-bond donors (Lipinski definition) is 14. The summed E-state index contributed by atoms with van der Waals surface area (Å²) in [6.45, 7) is 11.9. The van der Waals surface area contributed by atoms with Crippen molar-refractivity contribution in [1.82, 2.24) is 52.4 Å². The molecule has 10 amide bonds. The molecule has 0 fully saturated rings. The SMILES string of the molecule is CC[C@H](C)[C@H](NC(=O)[C@H](Cc1ccccc1)NC(=O)[C@H](CCC(=O)O)N(C(=O)OCc1ccccc1)C(=O)[C@H](C)N)C(=O)N[C@@H](C)C(=O)N[C@@H](Cc1c[nH]c2ccccc12)C(=O)N[C@@H](CC(C)C)C(=O)N[C@H](C(=O)N[C@@H](CCCN=C(N)N)C(=O)NCC(=O)O)C(C)C. The van der Waals surface area contributed by atoms with E-state index in [1.807, 2.05) is 6.07 Å². The highest BCUT2D eigenvalue weighted by molar-refractivity contribution is 6.02. The van der Waals surface area contributed by atoms with Gasteiger partial charge in [0, 0.05) is 42.9 Å². The summed E-state index contributed by atoms with van der Waals surface area (Å²) in [6.07, 6.45) is -0.841. The number of carboxylic acids is 2. The minimum absolute atomic E-state index is 0.0173. The number of para-hydroxylation sites is 1. The first-order valence-electron chi connectivity index (χ1n) is 30.8. The van der Waals surface area contributed by atoms with Gasteiger partial charge in [-0.05, 0) is 80.0 Å². The van der Waals surface area contributed by atoms with Crippen LogP contribution in [0.25, 0.3) is 10.9 Å². The van der Waals surface area contributed by atoms with Gasteiger partial charge in [0.2, 0.25) is 53.2 Å². The van der Waals surface area contributed by atoms with Crippen molar-refractivity contribution in [2.75, 3.05) is 13.1 Å². The topological polar surface area (TPSA) is 460 Å². The Morgan fingerprint density at radius 3 is 1.73 bits per heavy atom. The number of imide groups is 1. The van der Waals surface area contributed by atoms with Crippen LogP contribution in [0.15, 0.2) is 96.1 Å². The van der Waals surface area contributed by atoms with Crippen molar-refractivity contribution in [2.24, 2.45) is 39.9 Å². The Hall–Kier alpha value is -9.93. The molecule has 0 aliphatic rings. The number of aliphatic carboxylic acids is 2. The molecule has 0 unspecified atom stereocenters. The first kappa shape index (κ1) is 75.5. The number of hydrogen-bond acceptors (Lipinski definition) is 15. The van der Waals surface area contributed by atoms with Crippen LogP contribution in [0.2, 0.25) is 0 Å². The largest absolute Gasteiger partial charge is 0.481 e. The number of carbonyl (C=O) groups excluding carboxylic acids is 10. The molecule has 0 aliphatic carbocycles. The second-order valence-electron chi connectivity index (χ2n) is 23.5. The quantitative estimate of drug-likeness (QED) is 0.0171. The highest BCUT2D eigenvalue weighted by Crippen LogP contribution is 2.21. The van der Waals surface area contributed by atoms with Crippen molar-refractivity contribution in [2.45, 2.75) is 168 Å². The van der Waals surface area contributed by atoms with Crippen molar-refractivity contribution in [1.29, 1.82) is 0 Å². The van der Waals surface area contributed by atoms with Crippen LogP contribution in [0.5, 0.6) is 0 Å². The molecule has 29 heteroatoms. The number of aromatic amines is 1. The third kappa shape index (κ3) is 24.7. The van der Waals surface area contributed by atoms with Crippen molar-refractivity contribution in [3.63, 3.8) is 0 Å². The van der Waals surface area contributed by atoms with Gasteiger partial charge in [0.1, 0.15) is 61.5 Å². The molecular formula is C64H90N14O15. The van der Waals surface area contributed by atoms with Crippen LogP contribution in [0.3, 0.4) is 0 Å². The summed E-state index contributed by atoms with van der Waals surface area (Å²) in [5.41, 5.74) is 19.2. The average molecular weight is 1300 g/mol. The molecule has 4 aromatic rings. The van der Waals surface area contributed by atoms with Gasteiger partial charge in [-0.25, -0.2) is 9.69 Å². The van der Waals surface area contributed by atoms with Gasteiger partial charge in [-0.15, -0.1) is 0 Å². The van der Waals surface area contributed by atoms with E-state index in [0.717, 1.165) is 0 Å². The fourth-order valence-corrected chi connectivity index (χ4v) is 9.78. The highest BCUT2D eigenvalue weighted by Gasteiger charge is 2.41. The summed E-state index contributed by atoms with van der Waals surface area (Å²) < 4.78 is 5.44. The highest BCUT2D eigenvalue weighted by atomic mass is 16.6. The predicted molar refractivity (Wildman–Crippen MR) is 343 cm³/mol. The fourth-order valence-electron chi connectivity index (χ4n) is 9.78. The van der Waals surface area contributed by atoms with E-state index in [2.05, 4.69) is 52.5 Å². The van der Waals surface area contributed by atoms with Gasteiger partial charge in [0.15, 0.2) is 5.96 Å². The lowest BCUT2D eigenvalue weighted by Crippen LogP contribution is -2.62. The smallest absolute Gasteiger partial charge is 0.417 e. The van der Waals surface area contributed by atoms with E-state index >= 15 is 0 Å². The van der Waals surface area contributed by atoms with Crippen molar-refractivity contribution < 1.29 is 72.5 Å². The molecule has 1 heterocycles. The van der Waals surface area contributed by atoms with E-state index in [0.29, 0.717) is 38.9 Å². The van der Waals surface area contributed by atoms with E-state index in [-0.39, 0.29) is 57.1 Å². The summed E-state index contributed by atoms with van der Waals surface area (Å²) in [6, 6.07) is 11.1. The zero-order chi connectivity index (χ0) is 69.1. The molecule has 93 heavy (non-hydrogen) atoms. The van der Waals surface area contributed by atoms with Gasteiger partial charge in [0.25, 0.3) is 0 Å². The lowest BCUT2D eigenvalue weighted by Gasteiger charge is -2.32. The van der Waals surface area contributed by atoms with Crippen LogP contribution < -0.4 is 59.7 Å². The number of ether oxygens (including phenoxy) is 1. The fraction of sp³-hybridized carbons (Fsp3) is 0.484. The van der Waals surface area contributed by atoms with Crippen LogP contribution in [0.4, 0.5) is 4.79 Å². The maximum atomic E-state index is 14.7. The number of benzene rings is 3. The molecule has 10 atom stereocenters. The molecule has 0 saturated heterocycles. The summed E-state index contributed by atoms with van der Waals surface area (Å²) in [4.78, 5) is 173. The number of carboxylic acid groups (broad SMARTS) is 2. The number of nitrogens with one attached hydrogen (secondary N) is 9. The number of nitrogens with zero attached hydrogens (tertiary/aromatic N) is 2. The zero-order valence-corrected chi connectivity index (χ0v) is 53.7. The summed E-state index contributed by atoms with van der Waals surface area (Å²) in [7, 11) is 0. The van der Waals surface area contributed by atoms with Gasteiger partial charge >= 0.3 is 18.0 Å². The Morgan fingerprint density at radius 1 is 0.591 bits per heavy atom. The summed E-state index contributed by atoms with van der Waals surface area (Å²) in [5, 5.41) is 40.6. The molecular weight excluding hydrogens is 1200 g/mol. The van der Waals surface area contributed by atoms with Crippen molar-refractivity contribution >= 4 is 88.1 Å². The molecule has 3 aromatic carbocycles. The lowest BCUT2D eigenvalue weighted by molar-refractivity contribution is -0.143. The molecule has 506 valence electrons. The van der Waals surface area contributed by atoms with Gasteiger partial charge in [-0.2, -0.15) is 0 Å². The number of aromatic nitrogens is 1. The van der Waals surface area contributed by atoms with Gasteiger partial charge in [-0.3, -0.25) is 57.7 Å². The minimum Gasteiger partial charge on any atom is -0.481 e. The molecule has 1 aromatic heterocycles. The van der Waals surface area contributed by atoms with Gasteiger partial charge < -0.3 is 79.7 Å². The summed E-state index contributed by atoms with van der Waals surface area (Å²) >= 11 is 0. The number of nitrogens with two attached hydrogens (primary N) is 3. The normalized spacial score (nSPS) is 14.4. The van der Waals surface area contributed by atoms with E-state index < -0.39 is 157 Å². The second-order valence-corrected chi connectivity index (χ2v) is 23.5. The number of H-pyrrole nitrogens is 1. The van der Waals surface area contributed by atoms with Crippen molar-refractivity contribution in [3.8, 4) is 0 Å². The monoisotopic (exact) mass is 1290 g/mol. The number of amides is 10. The predicted octanol–water partition coefficient (Wildman–Crippen LogP) is 1.12. The second kappa shape index (κ2) is 37.4. The third-order valence-corrected chi connectivity index (χ3v) is 15.0. The van der Waals surface area contributed by atoms with Crippen LogP contribution >= 0.6 is 0 Å². The van der Waals surface area contributed by atoms with Gasteiger partial charge in [-0.1, -0.05) is 127 Å². The molecule has 29 nitrogen and oxygen atoms in total. The number of carbonyl (C=O) groups is 12. The average Bonchev–Trinajstić information content (AvgIpc) is 1.84. The number of rotatable bonds is 37. The molecule has 0 spiro atoms. The Balaban J connectivity index is 1.62. The molecule has 17 N–H and O–H groups in total. The van der Waals surface area contributed by atoms with Gasteiger partial charge in [0.05, 0.1) is 6.04 Å². The Kier molecular flexibility index (Phi) is 30.4. The van der Waals surface area contributed by atoms with Crippen LogP contribution in [-0.4, -0.2) is 165 Å². The van der Waals surface area contributed by atoms with E-state index in [4.69, 9.17) is 21.9 Å². The van der Waals surface area contributed by atoms with Crippen LogP contribution in [0, 0.1) is 17.8 Å². The Bertz CT molecular complexity index is 3250. The Labute approximate surface area is 539 Å². The molecule has 0 bridgehead atoms.